The second kappa shape index (κ2) is 18.5. The molecule has 0 fully saturated rings. The quantitative estimate of drug-likeness (QED) is 0.120. The largest absolute Gasteiger partial charge is 0.310 e. The lowest BCUT2D eigenvalue weighted by Gasteiger charge is -2.32. The molecule has 5 aromatic carbocycles. The molecule has 2 nitrogen and oxygen atoms in total. The first-order chi connectivity index (χ1) is 24.7. The third kappa shape index (κ3) is 11.1. The van der Waals surface area contributed by atoms with Crippen molar-refractivity contribution in [3.8, 4) is 0 Å². The van der Waals surface area contributed by atoms with Gasteiger partial charge in [0.15, 0.2) is 0 Å². The number of anilines is 6. The Balaban J connectivity index is 0.00000195. The van der Waals surface area contributed by atoms with Gasteiger partial charge in [-0.05, 0) is 166 Å². The summed E-state index contributed by atoms with van der Waals surface area (Å²) in [5.41, 5.74) is 16.6. The summed E-state index contributed by atoms with van der Waals surface area (Å²) in [5.74, 6) is 0.783. The maximum Gasteiger partial charge on any atom is 0.0494 e. The summed E-state index contributed by atoms with van der Waals surface area (Å²) in [6, 6.07) is 38.4. The van der Waals surface area contributed by atoms with Gasteiger partial charge in [-0.3, -0.25) is 0 Å². The average Bonchev–Trinajstić information content (AvgIpc) is 3.07. The van der Waals surface area contributed by atoms with Gasteiger partial charge in [0.1, 0.15) is 0 Å². The normalized spacial score (nSPS) is 11.8. The summed E-state index contributed by atoms with van der Waals surface area (Å²) in [7, 11) is 0. The maximum absolute atomic E-state index is 2.45. The number of rotatable bonds is 12. The molecule has 0 aromatic heterocycles. The highest BCUT2D eigenvalue weighted by atomic mass is 15.2. The Morgan fingerprint density at radius 1 is 0.519 bits per heavy atom. The first-order valence-corrected chi connectivity index (χ1v) is 19.7. The molecule has 2 heteroatoms. The van der Waals surface area contributed by atoms with E-state index in [9.17, 15) is 0 Å². The van der Waals surface area contributed by atoms with Crippen LogP contribution in [0.5, 0.6) is 0 Å². The molecular weight excluding hydrogens is 629 g/mol. The van der Waals surface area contributed by atoms with Gasteiger partial charge < -0.3 is 9.80 Å². The Morgan fingerprint density at radius 3 is 1.48 bits per heavy atom. The molecule has 0 bridgehead atoms. The van der Waals surface area contributed by atoms with E-state index in [4.69, 9.17) is 0 Å². The van der Waals surface area contributed by atoms with Gasteiger partial charge in [-0.2, -0.15) is 0 Å². The Bertz CT molecular complexity index is 1870. The van der Waals surface area contributed by atoms with Crippen LogP contribution >= 0.6 is 0 Å². The van der Waals surface area contributed by atoms with E-state index < -0.39 is 0 Å². The van der Waals surface area contributed by atoms with Gasteiger partial charge in [0.25, 0.3) is 0 Å². The van der Waals surface area contributed by atoms with Crippen LogP contribution in [0.25, 0.3) is 0 Å². The van der Waals surface area contributed by atoms with Crippen molar-refractivity contribution < 1.29 is 0 Å². The molecule has 0 amide bonds. The minimum atomic E-state index is 0.410. The molecule has 0 aliphatic carbocycles. The van der Waals surface area contributed by atoms with E-state index in [-0.39, 0.29) is 0 Å². The number of hydrogen-bond donors (Lipinski definition) is 0. The summed E-state index contributed by atoms with van der Waals surface area (Å²) in [6.07, 6.45) is 7.54. The van der Waals surface area contributed by atoms with Crippen molar-refractivity contribution in [1.82, 2.24) is 0 Å². The zero-order valence-electron chi connectivity index (χ0n) is 34.5. The molecule has 0 aliphatic rings. The van der Waals surface area contributed by atoms with Crippen LogP contribution in [0.3, 0.4) is 0 Å². The monoisotopic (exact) mass is 695 g/mol. The number of nitrogens with zero attached hydrogens (tertiary/aromatic N) is 2. The molecule has 52 heavy (non-hydrogen) atoms. The highest BCUT2D eigenvalue weighted by Crippen LogP contribution is 2.43. The lowest BCUT2D eigenvalue weighted by Crippen LogP contribution is -2.15. The minimum absolute atomic E-state index is 0.410. The second-order valence-corrected chi connectivity index (χ2v) is 16.5. The SMILES string of the molecule is CCC.Cc1ccc(N(c2cccc(C)c2)c2cc(C)c(N(c3cccc(C)c3)c3ccc(CCCCC(C)CC(C)(C)C)c(C)c3)cc2C)cc1. The van der Waals surface area contributed by atoms with Gasteiger partial charge in [0, 0.05) is 34.1 Å². The van der Waals surface area contributed by atoms with Crippen LogP contribution in [0.4, 0.5) is 34.1 Å². The second-order valence-electron chi connectivity index (χ2n) is 16.5. The highest BCUT2D eigenvalue weighted by molar-refractivity contribution is 5.85. The van der Waals surface area contributed by atoms with Crippen molar-refractivity contribution in [3.63, 3.8) is 0 Å². The molecule has 0 N–H and O–H groups in total. The van der Waals surface area contributed by atoms with Crippen LogP contribution < -0.4 is 9.80 Å². The molecule has 0 saturated heterocycles. The van der Waals surface area contributed by atoms with Gasteiger partial charge >= 0.3 is 0 Å². The van der Waals surface area contributed by atoms with Crippen molar-refractivity contribution in [2.45, 2.75) is 122 Å². The molecule has 5 rings (SSSR count). The number of unbranched alkanes of at least 4 members (excludes halogenated alkanes) is 1. The summed E-state index contributed by atoms with van der Waals surface area (Å²) in [4.78, 5) is 4.85. The molecule has 276 valence electrons. The molecular formula is C50H66N2. The van der Waals surface area contributed by atoms with Gasteiger partial charge in [-0.25, -0.2) is 0 Å². The zero-order chi connectivity index (χ0) is 38.0. The number of benzene rings is 5. The van der Waals surface area contributed by atoms with E-state index in [0.29, 0.717) is 5.41 Å². The Labute approximate surface area is 317 Å². The number of aryl methyl sites for hydroxylation is 7. The first kappa shape index (κ1) is 40.5. The molecule has 0 saturated carbocycles. The van der Waals surface area contributed by atoms with Crippen LogP contribution in [0, 0.1) is 52.9 Å². The predicted octanol–water partition coefficient (Wildman–Crippen LogP) is 15.7. The average molecular weight is 695 g/mol. The molecule has 5 aromatic rings. The Morgan fingerprint density at radius 2 is 1.00 bits per heavy atom. The molecule has 0 aliphatic heterocycles. The van der Waals surface area contributed by atoms with E-state index in [0.717, 1.165) is 18.0 Å². The van der Waals surface area contributed by atoms with E-state index in [1.54, 1.807) is 0 Å². The molecule has 1 atom stereocenters. The maximum atomic E-state index is 2.45. The van der Waals surface area contributed by atoms with Gasteiger partial charge in [0.2, 0.25) is 0 Å². The molecule has 0 spiro atoms. The smallest absolute Gasteiger partial charge is 0.0494 e. The van der Waals surface area contributed by atoms with Crippen LogP contribution in [-0.4, -0.2) is 0 Å². The van der Waals surface area contributed by atoms with E-state index in [1.165, 1.54) is 99.5 Å². The topological polar surface area (TPSA) is 6.48 Å². The van der Waals surface area contributed by atoms with Crippen molar-refractivity contribution in [2.24, 2.45) is 11.3 Å². The first-order valence-electron chi connectivity index (χ1n) is 19.7. The third-order valence-corrected chi connectivity index (χ3v) is 9.75. The summed E-state index contributed by atoms with van der Waals surface area (Å²) in [5, 5.41) is 0. The lowest BCUT2D eigenvalue weighted by molar-refractivity contribution is 0.292. The van der Waals surface area contributed by atoms with E-state index in [2.05, 4.69) is 196 Å². The van der Waals surface area contributed by atoms with Crippen LogP contribution in [0.1, 0.15) is 113 Å². The van der Waals surface area contributed by atoms with E-state index >= 15 is 0 Å². The Kier molecular flexibility index (Phi) is 14.4. The van der Waals surface area contributed by atoms with Gasteiger partial charge in [-0.15, -0.1) is 0 Å². The van der Waals surface area contributed by atoms with Gasteiger partial charge in [-0.1, -0.05) is 109 Å². The van der Waals surface area contributed by atoms with Crippen LogP contribution in [-0.2, 0) is 6.42 Å². The minimum Gasteiger partial charge on any atom is -0.310 e. The van der Waals surface area contributed by atoms with Crippen molar-refractivity contribution >= 4 is 34.1 Å². The summed E-state index contributed by atoms with van der Waals surface area (Å²) >= 11 is 0. The van der Waals surface area contributed by atoms with Crippen molar-refractivity contribution in [1.29, 1.82) is 0 Å². The Hall–Kier alpha value is -4.30. The van der Waals surface area contributed by atoms with Crippen LogP contribution in [0.15, 0.2) is 103 Å². The highest BCUT2D eigenvalue weighted by Gasteiger charge is 2.21. The van der Waals surface area contributed by atoms with Gasteiger partial charge in [0.05, 0.1) is 0 Å². The zero-order valence-corrected chi connectivity index (χ0v) is 34.5. The summed E-state index contributed by atoms with van der Waals surface area (Å²) < 4.78 is 0. The molecule has 0 radical (unpaired) electrons. The van der Waals surface area contributed by atoms with E-state index in [1.807, 2.05) is 0 Å². The predicted molar refractivity (Wildman–Crippen MR) is 231 cm³/mol. The fraction of sp³-hybridized carbons (Fsp3) is 0.400. The lowest BCUT2D eigenvalue weighted by atomic mass is 9.83. The molecule has 0 heterocycles. The van der Waals surface area contributed by atoms with Crippen LogP contribution in [0.2, 0.25) is 0 Å². The third-order valence-electron chi connectivity index (χ3n) is 9.75. The van der Waals surface area contributed by atoms with Crippen molar-refractivity contribution in [2.75, 3.05) is 9.80 Å². The van der Waals surface area contributed by atoms with Crippen molar-refractivity contribution in [3.05, 3.63) is 142 Å². The molecule has 1 unspecified atom stereocenters. The fourth-order valence-electron chi connectivity index (χ4n) is 7.41. The fourth-order valence-corrected chi connectivity index (χ4v) is 7.41. The summed E-state index contributed by atoms with van der Waals surface area (Å²) in [6.45, 7) is 27.0. The number of hydrogen-bond acceptors (Lipinski definition) is 2. The standard InChI is InChI=1S/C47H58N2.C3H8/c1-33-21-24-41(25-22-33)48(42-19-13-16-34(2)27-42)45-30-39(7)46(31-38(45)6)49(43-20-14-17-35(3)28-43)44-26-23-40(37(5)29-44)18-12-11-15-36(4)32-47(8,9)10;1-3-2/h13-14,16-17,19-31,36H,11-12,15,18,32H2,1-10H3;3H2,1-2H3.